The molecule has 102 valence electrons. The molecule has 1 atom stereocenters. The lowest BCUT2D eigenvalue weighted by Gasteiger charge is -2.22. The number of nitrogens with zero attached hydrogens (tertiary/aromatic N) is 1. The first-order valence-corrected chi connectivity index (χ1v) is 6.63. The number of rotatable bonds is 6. The summed E-state index contributed by atoms with van der Waals surface area (Å²) in [5.74, 6) is 1.00. The summed E-state index contributed by atoms with van der Waals surface area (Å²) in [7, 11) is 4.14. The normalized spacial score (nSPS) is 12.8. The van der Waals surface area contributed by atoms with Crippen LogP contribution in [0.3, 0.4) is 0 Å². The Morgan fingerprint density at radius 2 is 2.05 bits per heavy atom. The maximum Gasteiger partial charge on any atom is 0.122 e. The molecule has 0 aliphatic rings. The summed E-state index contributed by atoms with van der Waals surface area (Å²) in [6.07, 6.45) is 1.73. The van der Waals surface area contributed by atoms with Gasteiger partial charge in [-0.2, -0.15) is 0 Å². The van der Waals surface area contributed by atoms with Crippen LogP contribution in [0.2, 0.25) is 0 Å². The molecule has 1 N–H and O–H groups in total. The van der Waals surface area contributed by atoms with Crippen molar-refractivity contribution >= 4 is 0 Å². The van der Waals surface area contributed by atoms with E-state index in [1.165, 1.54) is 11.1 Å². The average molecular weight is 258 g/mol. The molecule has 3 heteroatoms. The molecule has 0 spiro atoms. The van der Waals surface area contributed by atoms with E-state index in [2.05, 4.69) is 55.5 Å². The summed E-state index contributed by atoms with van der Waals surface area (Å²) in [5, 5.41) is 3.50. The van der Waals surface area contributed by atoms with E-state index in [-0.39, 0.29) is 6.04 Å². The Morgan fingerprint density at radius 1 is 1.21 bits per heavy atom. The fourth-order valence-corrected chi connectivity index (χ4v) is 2.19. The van der Waals surface area contributed by atoms with Gasteiger partial charge in [0, 0.05) is 13.1 Å². The number of nitrogens with one attached hydrogen (secondary N) is 1. The second-order valence-electron chi connectivity index (χ2n) is 5.11. The lowest BCUT2D eigenvalue weighted by molar-refractivity contribution is 0.250. The lowest BCUT2D eigenvalue weighted by Crippen LogP contribution is -2.30. The van der Waals surface area contributed by atoms with Crippen molar-refractivity contribution in [1.29, 1.82) is 0 Å². The minimum atomic E-state index is 0.264. The molecule has 0 bridgehead atoms. The van der Waals surface area contributed by atoms with Crippen molar-refractivity contribution in [2.75, 3.05) is 20.6 Å². The lowest BCUT2D eigenvalue weighted by atomic mass is 10.1. The second-order valence-corrected chi connectivity index (χ2v) is 5.11. The number of benzene rings is 1. The fourth-order valence-electron chi connectivity index (χ4n) is 2.19. The van der Waals surface area contributed by atoms with Crippen molar-refractivity contribution < 1.29 is 4.42 Å². The third-order valence-corrected chi connectivity index (χ3v) is 3.24. The van der Waals surface area contributed by atoms with E-state index >= 15 is 0 Å². The van der Waals surface area contributed by atoms with Crippen LogP contribution in [0.1, 0.15) is 22.9 Å². The summed E-state index contributed by atoms with van der Waals surface area (Å²) in [4.78, 5) is 2.17. The van der Waals surface area contributed by atoms with E-state index in [0.29, 0.717) is 0 Å². The first kappa shape index (κ1) is 13.8. The maximum absolute atomic E-state index is 5.50. The number of aryl methyl sites for hydroxylation is 1. The highest BCUT2D eigenvalue weighted by atomic mass is 16.3. The number of furan rings is 1. The highest BCUT2D eigenvalue weighted by Gasteiger charge is 2.15. The Bertz CT molecular complexity index is 491. The van der Waals surface area contributed by atoms with Gasteiger partial charge in [-0.15, -0.1) is 0 Å². The molecule has 0 saturated heterocycles. The van der Waals surface area contributed by atoms with Crippen LogP contribution in [0.15, 0.2) is 47.1 Å². The minimum Gasteiger partial charge on any atom is -0.468 e. The molecule has 3 nitrogen and oxygen atoms in total. The summed E-state index contributed by atoms with van der Waals surface area (Å²) >= 11 is 0. The van der Waals surface area contributed by atoms with Crippen molar-refractivity contribution in [3.63, 3.8) is 0 Å². The summed E-state index contributed by atoms with van der Waals surface area (Å²) < 4.78 is 5.50. The van der Waals surface area contributed by atoms with Gasteiger partial charge in [0.05, 0.1) is 12.3 Å². The van der Waals surface area contributed by atoms with E-state index in [0.717, 1.165) is 18.8 Å². The topological polar surface area (TPSA) is 28.4 Å². The predicted octanol–water partition coefficient (Wildman–Crippen LogP) is 2.98. The fraction of sp³-hybridized carbons (Fsp3) is 0.375. The monoisotopic (exact) mass is 258 g/mol. The van der Waals surface area contributed by atoms with Gasteiger partial charge in [0.2, 0.25) is 0 Å². The molecule has 0 aliphatic carbocycles. The van der Waals surface area contributed by atoms with Crippen LogP contribution in [0.25, 0.3) is 0 Å². The van der Waals surface area contributed by atoms with Crippen molar-refractivity contribution in [1.82, 2.24) is 10.2 Å². The van der Waals surface area contributed by atoms with Gasteiger partial charge in [-0.05, 0) is 38.7 Å². The Morgan fingerprint density at radius 3 is 2.68 bits per heavy atom. The first-order valence-electron chi connectivity index (χ1n) is 6.63. The molecule has 0 radical (unpaired) electrons. The van der Waals surface area contributed by atoms with Crippen molar-refractivity contribution in [3.8, 4) is 0 Å². The molecule has 1 aromatic heterocycles. The van der Waals surface area contributed by atoms with Crippen LogP contribution in [0.5, 0.6) is 0 Å². The van der Waals surface area contributed by atoms with Gasteiger partial charge < -0.3 is 9.73 Å². The molecule has 1 heterocycles. The minimum absolute atomic E-state index is 0.264. The Kier molecular flexibility index (Phi) is 4.77. The largest absolute Gasteiger partial charge is 0.468 e. The van der Waals surface area contributed by atoms with E-state index in [1.807, 2.05) is 12.1 Å². The molecule has 0 saturated carbocycles. The van der Waals surface area contributed by atoms with E-state index in [1.54, 1.807) is 6.26 Å². The van der Waals surface area contributed by atoms with Gasteiger partial charge in [0.15, 0.2) is 0 Å². The van der Waals surface area contributed by atoms with Crippen LogP contribution in [0, 0.1) is 6.92 Å². The van der Waals surface area contributed by atoms with Gasteiger partial charge in [0.1, 0.15) is 5.76 Å². The zero-order valence-corrected chi connectivity index (χ0v) is 11.9. The van der Waals surface area contributed by atoms with E-state index in [9.17, 15) is 0 Å². The molecule has 2 rings (SSSR count). The Labute approximate surface area is 115 Å². The van der Waals surface area contributed by atoms with Crippen molar-refractivity contribution in [2.24, 2.45) is 0 Å². The molecule has 0 fully saturated rings. The van der Waals surface area contributed by atoms with Crippen LogP contribution >= 0.6 is 0 Å². The molecule has 0 amide bonds. The second kappa shape index (κ2) is 6.55. The van der Waals surface area contributed by atoms with Gasteiger partial charge in [-0.3, -0.25) is 4.90 Å². The van der Waals surface area contributed by atoms with Gasteiger partial charge in [-0.25, -0.2) is 0 Å². The number of hydrogen-bond donors (Lipinski definition) is 1. The summed E-state index contributed by atoms with van der Waals surface area (Å²) in [5.41, 5.74) is 2.62. The van der Waals surface area contributed by atoms with Gasteiger partial charge in [0.25, 0.3) is 0 Å². The molecule has 19 heavy (non-hydrogen) atoms. The van der Waals surface area contributed by atoms with Crippen molar-refractivity contribution in [3.05, 3.63) is 59.5 Å². The summed E-state index contributed by atoms with van der Waals surface area (Å²) in [6, 6.07) is 12.8. The zero-order valence-electron chi connectivity index (χ0n) is 11.9. The third kappa shape index (κ3) is 3.94. The quantitative estimate of drug-likeness (QED) is 0.863. The third-order valence-electron chi connectivity index (χ3n) is 3.24. The van der Waals surface area contributed by atoms with Crippen molar-refractivity contribution in [2.45, 2.75) is 19.5 Å². The molecular formula is C16H22N2O. The van der Waals surface area contributed by atoms with Crippen LogP contribution < -0.4 is 5.32 Å². The van der Waals surface area contributed by atoms with E-state index < -0.39 is 0 Å². The SMILES string of the molecule is Cc1cccc(CNCC(c2ccco2)N(C)C)c1. The van der Waals surface area contributed by atoms with Crippen LogP contribution in [-0.2, 0) is 6.54 Å². The molecule has 2 aromatic rings. The molecule has 1 unspecified atom stereocenters. The molecule has 1 aromatic carbocycles. The Balaban J connectivity index is 1.90. The smallest absolute Gasteiger partial charge is 0.122 e. The van der Waals surface area contributed by atoms with Crippen LogP contribution in [-0.4, -0.2) is 25.5 Å². The Hall–Kier alpha value is -1.58. The predicted molar refractivity (Wildman–Crippen MR) is 78.0 cm³/mol. The standard InChI is InChI=1S/C16H22N2O/c1-13-6-4-7-14(10-13)11-17-12-15(18(2)3)16-8-5-9-19-16/h4-10,15,17H,11-12H2,1-3H3. The average Bonchev–Trinajstić information content (AvgIpc) is 2.88. The first-order chi connectivity index (χ1) is 9.16. The molecule has 0 aliphatic heterocycles. The molecular weight excluding hydrogens is 236 g/mol. The maximum atomic E-state index is 5.50. The number of likely N-dealkylation sites (N-methyl/N-ethyl adjacent to an activating group) is 1. The summed E-state index contributed by atoms with van der Waals surface area (Å²) in [6.45, 7) is 3.87. The highest BCUT2D eigenvalue weighted by molar-refractivity contribution is 5.22. The van der Waals surface area contributed by atoms with Crippen LogP contribution in [0.4, 0.5) is 0 Å². The highest BCUT2D eigenvalue weighted by Crippen LogP contribution is 2.17. The zero-order chi connectivity index (χ0) is 13.7. The number of hydrogen-bond acceptors (Lipinski definition) is 3. The van der Waals surface area contributed by atoms with Gasteiger partial charge in [-0.1, -0.05) is 29.8 Å². The van der Waals surface area contributed by atoms with E-state index in [4.69, 9.17) is 4.42 Å². The van der Waals surface area contributed by atoms with Gasteiger partial charge >= 0.3 is 0 Å².